The minimum atomic E-state index is -0.393. The van der Waals surface area contributed by atoms with Gasteiger partial charge in [-0.2, -0.15) is 0 Å². The van der Waals surface area contributed by atoms with Crippen molar-refractivity contribution in [2.24, 2.45) is 0 Å². The van der Waals surface area contributed by atoms with Crippen molar-refractivity contribution in [3.05, 3.63) is 30.0 Å². The van der Waals surface area contributed by atoms with E-state index in [9.17, 15) is 4.79 Å². The van der Waals surface area contributed by atoms with Gasteiger partial charge in [-0.05, 0) is 0 Å². The number of nitrogens with zero attached hydrogens (tertiary/aromatic N) is 1. The average Bonchev–Trinajstić information content (AvgIpc) is 2.70. The van der Waals surface area contributed by atoms with Crippen LogP contribution in [0.1, 0.15) is 17.4 Å². The summed E-state index contributed by atoms with van der Waals surface area (Å²) in [5, 5.41) is 9.77. The fourth-order valence-corrected chi connectivity index (χ4v) is 2.91. The van der Waals surface area contributed by atoms with Crippen molar-refractivity contribution in [2.75, 3.05) is 6.61 Å². The van der Waals surface area contributed by atoms with Crippen LogP contribution in [-0.4, -0.2) is 32.5 Å². The molecule has 0 bridgehead atoms. The molecule has 2 aromatic rings. The fraction of sp³-hybridized carbons (Fsp3) is 0.167. The van der Waals surface area contributed by atoms with Gasteiger partial charge < -0.3 is 0 Å². The Hall–Kier alpha value is -1.76. The van der Waals surface area contributed by atoms with Crippen LogP contribution in [-0.2, 0) is 4.74 Å². The summed E-state index contributed by atoms with van der Waals surface area (Å²) in [4.78, 5) is 16.9. The number of esters is 1. The number of aromatic amines is 1. The van der Waals surface area contributed by atoms with Crippen molar-refractivity contribution in [3.8, 4) is 4.97 Å². The Morgan fingerprint density at radius 2 is 2.29 bits per heavy atom. The third-order valence-electron chi connectivity index (χ3n) is 2.29. The molecule has 1 aromatic heterocycles. The summed E-state index contributed by atoms with van der Waals surface area (Å²) in [5.41, 5.74) is 1.28. The molecule has 5 heteroatoms. The summed E-state index contributed by atoms with van der Waals surface area (Å²) in [6.45, 7) is 2.09. The number of hydrogen-bond acceptors (Lipinski definition) is 3. The Kier molecular flexibility index (Phi) is 3.48. The molecule has 2 rings (SSSR count). The molecule has 0 atom stereocenters. The number of rotatable bonds is 3. The molecular formula is C12H10N2O2Se. The number of fused-ring (bicyclic) bond motifs is 1. The molecule has 0 aliphatic carbocycles. The molecule has 0 saturated carbocycles. The zero-order chi connectivity index (χ0) is 12.3. The van der Waals surface area contributed by atoms with E-state index in [1.165, 1.54) is 0 Å². The second-order valence-electron chi connectivity index (χ2n) is 3.29. The third-order valence-corrected chi connectivity index (χ3v) is 3.80. The van der Waals surface area contributed by atoms with Crippen molar-refractivity contribution in [1.82, 2.24) is 4.98 Å². The molecule has 0 spiro atoms. The number of ether oxygens (including phenoxy) is 1. The van der Waals surface area contributed by atoms with E-state index in [2.05, 4.69) is 9.95 Å². The van der Waals surface area contributed by atoms with Crippen molar-refractivity contribution in [1.29, 1.82) is 5.26 Å². The van der Waals surface area contributed by atoms with Crippen LogP contribution in [0.4, 0.5) is 0 Å². The molecule has 0 saturated heterocycles. The summed E-state index contributed by atoms with van der Waals surface area (Å²) < 4.78 is 5.75. The van der Waals surface area contributed by atoms with Crippen LogP contribution in [0.15, 0.2) is 24.3 Å². The molecule has 1 N–H and O–H groups in total. The molecule has 0 aliphatic heterocycles. The number of aromatic nitrogens is 1. The number of carbonyl (C=O) groups is 1. The molecule has 4 nitrogen and oxygen atoms in total. The van der Waals surface area contributed by atoms with Gasteiger partial charge in [-0.1, -0.05) is 0 Å². The number of nitriles is 1. The van der Waals surface area contributed by atoms with E-state index < -0.39 is 5.97 Å². The van der Waals surface area contributed by atoms with Gasteiger partial charge in [0, 0.05) is 0 Å². The maximum absolute atomic E-state index is 11.8. The molecule has 86 valence electrons. The maximum atomic E-state index is 11.8. The van der Waals surface area contributed by atoms with Crippen molar-refractivity contribution in [2.45, 2.75) is 6.92 Å². The molecule has 1 heterocycles. The molecule has 0 amide bonds. The fourth-order valence-electron chi connectivity index (χ4n) is 1.61. The standard InChI is InChI=1S/C12H10N2O2Se/c1-2-16-12(15)10-11(17-7-13)8-5-3-4-6-9(8)14-10/h3-6,14H,2H2,1H3. The molecule has 0 radical (unpaired) electrons. The quantitative estimate of drug-likeness (QED) is 0.682. The van der Waals surface area contributed by atoms with E-state index >= 15 is 0 Å². The van der Waals surface area contributed by atoms with Crippen LogP contribution in [0.2, 0.25) is 0 Å². The van der Waals surface area contributed by atoms with Gasteiger partial charge in [0.2, 0.25) is 0 Å². The van der Waals surface area contributed by atoms with E-state index in [0.29, 0.717) is 12.3 Å². The van der Waals surface area contributed by atoms with Crippen LogP contribution >= 0.6 is 0 Å². The summed E-state index contributed by atoms with van der Waals surface area (Å²) in [5.74, 6) is -0.393. The third kappa shape index (κ3) is 2.19. The molecule has 0 unspecified atom stereocenters. The SMILES string of the molecule is CCOC(=O)c1[nH]c2ccccc2c1[Se]C#N. The van der Waals surface area contributed by atoms with Crippen LogP contribution in [0.5, 0.6) is 0 Å². The number of hydrogen-bond donors (Lipinski definition) is 1. The summed E-state index contributed by atoms with van der Waals surface area (Å²) >= 11 is -0.387. The Labute approximate surface area is 105 Å². The Balaban J connectivity index is 2.58. The molecule has 17 heavy (non-hydrogen) atoms. The van der Waals surface area contributed by atoms with Crippen molar-refractivity contribution >= 4 is 36.3 Å². The predicted octanol–water partition coefficient (Wildman–Crippen LogP) is 1.16. The zero-order valence-electron chi connectivity index (χ0n) is 9.19. The van der Waals surface area contributed by atoms with Crippen LogP contribution in [0, 0.1) is 10.2 Å². The zero-order valence-corrected chi connectivity index (χ0v) is 10.9. The molecule has 1 aromatic carbocycles. The van der Waals surface area contributed by atoms with Gasteiger partial charge in [0.25, 0.3) is 0 Å². The second-order valence-corrected chi connectivity index (χ2v) is 4.96. The number of para-hydroxylation sites is 1. The number of nitrogens with one attached hydrogen (secondary N) is 1. The van der Waals surface area contributed by atoms with Gasteiger partial charge in [-0.3, -0.25) is 0 Å². The first-order valence-electron chi connectivity index (χ1n) is 5.11. The Bertz CT molecular complexity index is 598. The van der Waals surface area contributed by atoms with Crippen molar-refractivity contribution in [3.63, 3.8) is 0 Å². The first-order chi connectivity index (χ1) is 8.27. The van der Waals surface area contributed by atoms with Crippen LogP contribution < -0.4 is 4.46 Å². The van der Waals surface area contributed by atoms with E-state index in [-0.39, 0.29) is 15.0 Å². The minimum absolute atomic E-state index is 0.327. The van der Waals surface area contributed by atoms with Gasteiger partial charge in [0.1, 0.15) is 0 Å². The van der Waals surface area contributed by atoms with Gasteiger partial charge in [0.15, 0.2) is 0 Å². The first kappa shape index (κ1) is 11.7. The average molecular weight is 293 g/mol. The Morgan fingerprint density at radius 3 is 3.00 bits per heavy atom. The van der Waals surface area contributed by atoms with Gasteiger partial charge in [-0.25, -0.2) is 0 Å². The van der Waals surface area contributed by atoms with Gasteiger partial charge in [-0.15, -0.1) is 0 Å². The number of benzene rings is 1. The predicted molar refractivity (Wildman–Crippen MR) is 65.3 cm³/mol. The van der Waals surface area contributed by atoms with E-state index in [1.54, 1.807) is 6.92 Å². The van der Waals surface area contributed by atoms with Crippen molar-refractivity contribution < 1.29 is 9.53 Å². The van der Waals surface area contributed by atoms with E-state index in [4.69, 9.17) is 10.00 Å². The Morgan fingerprint density at radius 1 is 1.53 bits per heavy atom. The van der Waals surface area contributed by atoms with Gasteiger partial charge >= 0.3 is 105 Å². The molecule has 0 aliphatic rings. The summed E-state index contributed by atoms with van der Waals surface area (Å²) in [6.07, 6.45) is 0. The first-order valence-corrected chi connectivity index (χ1v) is 6.83. The van der Waals surface area contributed by atoms with Crippen LogP contribution in [0.25, 0.3) is 10.9 Å². The second kappa shape index (κ2) is 5.05. The van der Waals surface area contributed by atoms with Gasteiger partial charge in [0.05, 0.1) is 0 Å². The summed E-state index contributed by atoms with van der Waals surface area (Å²) in [7, 11) is 0. The van der Waals surface area contributed by atoms with Crippen LogP contribution in [0.3, 0.4) is 0 Å². The topological polar surface area (TPSA) is 65.9 Å². The monoisotopic (exact) mass is 294 g/mol. The van der Waals surface area contributed by atoms with E-state index in [0.717, 1.165) is 15.4 Å². The summed E-state index contributed by atoms with van der Waals surface area (Å²) in [6, 6.07) is 7.57. The molecule has 0 fully saturated rings. The normalized spacial score (nSPS) is 10.1. The number of carbonyl (C=O) groups excluding carboxylic acids is 1. The number of H-pyrrole nitrogens is 1. The molecular weight excluding hydrogens is 283 g/mol. The van der Waals surface area contributed by atoms with E-state index in [1.807, 2.05) is 24.3 Å².